The van der Waals surface area contributed by atoms with E-state index in [0.29, 0.717) is 34.4 Å². The first-order chi connectivity index (χ1) is 18.5. The predicted octanol–water partition coefficient (Wildman–Crippen LogP) is 7.13. The maximum atomic E-state index is 12.6. The Morgan fingerprint density at radius 1 is 0.744 bits per heavy atom. The SMILES string of the molecule is Cc1ccccc1C(C)C(=O)CC(=N)SC(=N)CCSCCC(=N)SC(=N)NC(=O)C(C)c1ccccc1C. The van der Waals surface area contributed by atoms with Gasteiger partial charge in [-0.15, -0.1) is 0 Å². The van der Waals surface area contributed by atoms with Crippen LogP contribution in [0.15, 0.2) is 48.5 Å². The minimum atomic E-state index is -0.388. The van der Waals surface area contributed by atoms with Crippen molar-refractivity contribution in [1.29, 1.82) is 21.6 Å². The van der Waals surface area contributed by atoms with Crippen molar-refractivity contribution in [2.45, 2.75) is 58.8 Å². The van der Waals surface area contributed by atoms with Gasteiger partial charge in [0.05, 0.1) is 27.5 Å². The van der Waals surface area contributed by atoms with Crippen LogP contribution in [-0.2, 0) is 9.59 Å². The van der Waals surface area contributed by atoms with Gasteiger partial charge in [0.15, 0.2) is 5.17 Å². The maximum absolute atomic E-state index is 12.6. The van der Waals surface area contributed by atoms with Crippen LogP contribution in [0.25, 0.3) is 0 Å². The first kappa shape index (κ1) is 32.5. The molecule has 2 rings (SSSR count). The number of nitrogens with one attached hydrogen (secondary N) is 5. The van der Waals surface area contributed by atoms with Gasteiger partial charge in [-0.2, -0.15) is 11.8 Å². The summed E-state index contributed by atoms with van der Waals surface area (Å²) in [5.41, 5.74) is 3.98. The normalized spacial score (nSPS) is 12.3. The van der Waals surface area contributed by atoms with Gasteiger partial charge in [-0.1, -0.05) is 67.2 Å². The van der Waals surface area contributed by atoms with Crippen molar-refractivity contribution in [3.8, 4) is 0 Å². The number of thioether (sulfide) groups is 3. The Kier molecular flexibility index (Phi) is 13.7. The van der Waals surface area contributed by atoms with Crippen molar-refractivity contribution >= 4 is 67.3 Å². The molecule has 2 atom stereocenters. The van der Waals surface area contributed by atoms with Gasteiger partial charge >= 0.3 is 0 Å². The highest BCUT2D eigenvalue weighted by Crippen LogP contribution is 2.24. The molecule has 208 valence electrons. The molecule has 0 fully saturated rings. The third-order valence-corrected chi connectivity index (χ3v) is 8.76. The lowest BCUT2D eigenvalue weighted by atomic mass is 9.92. The number of hydrogen-bond acceptors (Lipinski definition) is 9. The molecular formula is C29H37N5O2S3. The second-order valence-corrected chi connectivity index (χ2v) is 12.7. The Labute approximate surface area is 244 Å². The molecule has 1 amide bonds. The summed E-state index contributed by atoms with van der Waals surface area (Å²) in [6.07, 6.45) is 0.973. The fraction of sp³-hybridized carbons (Fsp3) is 0.379. The van der Waals surface area contributed by atoms with Crippen LogP contribution in [0.3, 0.4) is 0 Å². The van der Waals surface area contributed by atoms with E-state index in [1.807, 2.05) is 69.3 Å². The highest BCUT2D eigenvalue weighted by Gasteiger charge is 2.20. The Morgan fingerprint density at radius 2 is 1.23 bits per heavy atom. The van der Waals surface area contributed by atoms with Crippen LogP contribution in [0.1, 0.15) is 67.2 Å². The van der Waals surface area contributed by atoms with E-state index in [4.69, 9.17) is 21.6 Å². The molecule has 0 aromatic heterocycles. The van der Waals surface area contributed by atoms with E-state index >= 15 is 0 Å². The molecule has 0 aliphatic heterocycles. The van der Waals surface area contributed by atoms with E-state index in [9.17, 15) is 9.59 Å². The Morgan fingerprint density at radius 3 is 1.77 bits per heavy atom. The molecule has 0 aliphatic carbocycles. The fourth-order valence-electron chi connectivity index (χ4n) is 3.86. The summed E-state index contributed by atoms with van der Waals surface area (Å²) in [5.74, 6) is 0.377. The number of amidine groups is 1. The summed E-state index contributed by atoms with van der Waals surface area (Å²) in [6.45, 7) is 7.59. The number of ketones is 1. The molecule has 0 heterocycles. The first-order valence-corrected chi connectivity index (χ1v) is 15.5. The zero-order valence-corrected chi connectivity index (χ0v) is 25.3. The van der Waals surface area contributed by atoms with E-state index in [1.165, 1.54) is 0 Å². The van der Waals surface area contributed by atoms with Gasteiger partial charge in [-0.05, 0) is 66.3 Å². The number of amides is 1. The fourth-order valence-corrected chi connectivity index (χ4v) is 6.34. The molecule has 7 nitrogen and oxygen atoms in total. The second kappa shape index (κ2) is 16.4. The van der Waals surface area contributed by atoms with Crippen LogP contribution in [-0.4, -0.2) is 43.5 Å². The predicted molar refractivity (Wildman–Crippen MR) is 170 cm³/mol. The molecule has 0 radical (unpaired) electrons. The van der Waals surface area contributed by atoms with E-state index in [1.54, 1.807) is 18.7 Å². The summed E-state index contributed by atoms with van der Waals surface area (Å²) in [4.78, 5) is 25.1. The average molecular weight is 584 g/mol. The lowest BCUT2D eigenvalue weighted by molar-refractivity contribution is -0.121. The van der Waals surface area contributed by atoms with Crippen LogP contribution >= 0.6 is 35.3 Å². The van der Waals surface area contributed by atoms with Gasteiger partial charge < -0.3 is 5.32 Å². The number of hydrogen-bond donors (Lipinski definition) is 5. The molecule has 0 spiro atoms. The third-order valence-electron chi connectivity index (χ3n) is 6.18. The number of carbonyl (C=O) groups is 2. The molecule has 2 aromatic carbocycles. The van der Waals surface area contributed by atoms with Crippen molar-refractivity contribution in [2.24, 2.45) is 0 Å². The van der Waals surface area contributed by atoms with Gasteiger partial charge in [-0.25, -0.2) is 0 Å². The zero-order chi connectivity index (χ0) is 28.9. The lowest BCUT2D eigenvalue weighted by Gasteiger charge is -2.15. The van der Waals surface area contributed by atoms with Gasteiger partial charge in [0.1, 0.15) is 5.78 Å². The molecule has 39 heavy (non-hydrogen) atoms. The molecule has 10 heteroatoms. The Hall–Kier alpha value is -2.69. The highest BCUT2D eigenvalue weighted by atomic mass is 32.2. The van der Waals surface area contributed by atoms with Crippen molar-refractivity contribution in [3.63, 3.8) is 0 Å². The van der Waals surface area contributed by atoms with Crippen LogP contribution in [0.2, 0.25) is 0 Å². The minimum Gasteiger partial charge on any atom is -0.305 e. The van der Waals surface area contributed by atoms with Crippen molar-refractivity contribution in [2.75, 3.05) is 11.5 Å². The molecule has 2 aromatic rings. The van der Waals surface area contributed by atoms with Gasteiger partial charge in [-0.3, -0.25) is 31.2 Å². The van der Waals surface area contributed by atoms with Gasteiger partial charge in [0, 0.05) is 18.8 Å². The van der Waals surface area contributed by atoms with Gasteiger partial charge in [0.2, 0.25) is 5.91 Å². The van der Waals surface area contributed by atoms with Crippen LogP contribution in [0.5, 0.6) is 0 Å². The number of Topliss-reactive ketones (excluding diaryl/α,β-unsaturated/α-hetero) is 1. The summed E-state index contributed by atoms with van der Waals surface area (Å²) in [5, 5.41) is 35.8. The molecular weight excluding hydrogens is 547 g/mol. The van der Waals surface area contributed by atoms with Crippen LogP contribution in [0.4, 0.5) is 0 Å². The topological polar surface area (TPSA) is 142 Å². The molecule has 0 bridgehead atoms. The highest BCUT2D eigenvalue weighted by molar-refractivity contribution is 8.26. The van der Waals surface area contributed by atoms with Crippen LogP contribution in [0, 0.1) is 35.5 Å². The number of benzene rings is 2. The summed E-state index contributed by atoms with van der Waals surface area (Å²) in [6, 6.07) is 15.4. The maximum Gasteiger partial charge on any atom is 0.233 e. The minimum absolute atomic E-state index is 0.0219. The number of rotatable bonds is 12. The lowest BCUT2D eigenvalue weighted by Crippen LogP contribution is -2.32. The first-order valence-electron chi connectivity index (χ1n) is 12.7. The quantitative estimate of drug-likeness (QED) is 0.103. The van der Waals surface area contributed by atoms with Crippen molar-refractivity contribution in [1.82, 2.24) is 5.32 Å². The molecule has 0 aliphatic rings. The third kappa shape index (κ3) is 11.1. The average Bonchev–Trinajstić information content (AvgIpc) is 2.87. The summed E-state index contributed by atoms with van der Waals surface area (Å²) in [7, 11) is 0. The smallest absolute Gasteiger partial charge is 0.233 e. The van der Waals surface area contributed by atoms with Gasteiger partial charge in [0.25, 0.3) is 0 Å². The Balaban J connectivity index is 1.61. The standard InChI is InChI=1S/C29H37N5O2S3/c1-18-9-5-7-11-22(18)20(3)24(35)17-27(32)38-25(30)13-15-37-16-14-26(31)39-29(33)34-28(36)21(4)23-12-8-6-10-19(23)2/h5-12,20-21,30-32H,13-17H2,1-4H3,(H2,33,34,36). The number of carbonyl (C=O) groups excluding carboxylic acids is 2. The molecule has 0 saturated heterocycles. The summed E-state index contributed by atoms with van der Waals surface area (Å²) >= 11 is 3.58. The molecule has 0 saturated carbocycles. The second-order valence-electron chi connectivity index (χ2n) is 9.20. The number of aryl methyl sites for hydroxylation is 2. The Bertz CT molecular complexity index is 1140. The van der Waals surface area contributed by atoms with E-state index in [0.717, 1.165) is 45.8 Å². The van der Waals surface area contributed by atoms with E-state index < -0.39 is 0 Å². The van der Waals surface area contributed by atoms with Crippen LogP contribution < -0.4 is 5.32 Å². The molecule has 5 N–H and O–H groups in total. The molecule has 2 unspecified atom stereocenters. The van der Waals surface area contributed by atoms with E-state index in [2.05, 4.69) is 5.32 Å². The van der Waals surface area contributed by atoms with Crippen molar-refractivity contribution < 1.29 is 9.59 Å². The van der Waals surface area contributed by atoms with E-state index in [-0.39, 0.29) is 40.2 Å². The monoisotopic (exact) mass is 583 g/mol. The van der Waals surface area contributed by atoms with Crippen molar-refractivity contribution in [3.05, 3.63) is 70.8 Å². The summed E-state index contributed by atoms with van der Waals surface area (Å²) < 4.78 is 0. The zero-order valence-electron chi connectivity index (χ0n) is 22.9. The largest absolute Gasteiger partial charge is 0.305 e.